The molecule has 0 saturated carbocycles. The van der Waals surface area contributed by atoms with Crippen molar-refractivity contribution in [3.8, 4) is 95.4 Å². The normalized spacial score (nSPS) is 10.7. The maximum absolute atomic E-state index is 8.12. The number of H-pyrrole nitrogens is 4. The molecule has 0 bridgehead atoms. The van der Waals surface area contributed by atoms with Crippen LogP contribution in [0.2, 0.25) is 15.1 Å². The van der Waals surface area contributed by atoms with Gasteiger partial charge in [-0.3, -0.25) is 20.4 Å². The van der Waals surface area contributed by atoms with Gasteiger partial charge >= 0.3 is 18.5 Å². The Balaban J connectivity index is 0.000000150. The van der Waals surface area contributed by atoms with Crippen LogP contribution in [-0.2, 0) is 54.5 Å². The van der Waals surface area contributed by atoms with Crippen molar-refractivity contribution in [3.05, 3.63) is 320 Å². The van der Waals surface area contributed by atoms with E-state index in [4.69, 9.17) is 101 Å². The Bertz CT molecular complexity index is 6570. The molecule has 0 fully saturated rings. The van der Waals surface area contributed by atoms with Crippen molar-refractivity contribution in [1.82, 2.24) is 60.7 Å². The number of benzene rings is 9. The van der Waals surface area contributed by atoms with Crippen molar-refractivity contribution in [2.75, 3.05) is 12.8 Å². The molecule has 8 heterocycles. The van der Waals surface area contributed by atoms with E-state index < -0.39 is 0 Å². The lowest BCUT2D eigenvalue weighted by atomic mass is 9.89. The molecule has 0 spiro atoms. The molecule has 119 heavy (non-hydrogen) atoms. The van der Waals surface area contributed by atoms with Gasteiger partial charge in [-0.05, 0) is 155 Å². The third-order valence-corrected chi connectivity index (χ3v) is 20.5. The van der Waals surface area contributed by atoms with Gasteiger partial charge in [0, 0.05) is 76.0 Å². The summed E-state index contributed by atoms with van der Waals surface area (Å²) < 4.78 is 5.32. The summed E-state index contributed by atoms with van der Waals surface area (Å²) in [6.45, 7) is 18.6. The number of ether oxygens (including phenoxy) is 1. The van der Waals surface area contributed by atoms with Crippen LogP contribution in [0.1, 0.15) is 73.0 Å². The van der Waals surface area contributed by atoms with E-state index in [2.05, 4.69) is 157 Å². The molecule has 0 saturated heterocycles. The third kappa shape index (κ3) is 18.5. The van der Waals surface area contributed by atoms with E-state index in [0.717, 1.165) is 159 Å². The monoisotopic (exact) mass is 1630 g/mol. The summed E-state index contributed by atoms with van der Waals surface area (Å²) in [4.78, 5) is 72.1. The molecule has 6 N–H and O–H groups in total. The van der Waals surface area contributed by atoms with Gasteiger partial charge in [0.1, 0.15) is 11.6 Å². The number of carbonyl (C=O) groups excluding carboxylic acids is 6. The standard InChI is InChI=1S/C25H14Cl2N4.C23H20N4.C22H21N3O.C21H18ClN3.3CO2.CH4/c1-28-24-20(15-7-11-18(26)12-8-15)21-22(17-9-13-19(27)14-10-17)30-31-25(21)29-23(24)16-5-3-2-4-6-16;1-2-16-19(18-13-12-14-8-6-7-11-17(14)18)20-22(24)26-27-23(20)25-21(16)15-9-4-3-5-10-15;1-4-18-20(15-10-12-17(26-3)13-11-15)19-14(2)24-25-22(19)23-21(18)16-8-6-5-7-9-16;1-3-17-19(14-9-11-16(22)12-10-14)18-13(2)24-25-21(18)23-20(17)15-7-5-4-6-8-15;3*2-1-3;/h2-14H,(H,29,30,31);3-11,13H,2,12H2,1H3,(H3,24,25,26,27);5-13H,4H2,1-3H3,(H,23,24,25);4-12H,3H2,1-2H3,(H,23,24,25);;;;1H4. The highest BCUT2D eigenvalue weighted by Gasteiger charge is 2.28. The van der Waals surface area contributed by atoms with Gasteiger partial charge in [0.15, 0.2) is 22.6 Å². The number of aromatic nitrogens is 12. The molecule has 1 aliphatic rings. The number of nitrogen functional groups attached to an aromatic ring is 1. The molecule has 21 nitrogen and oxygen atoms in total. The van der Waals surface area contributed by atoms with Crippen molar-refractivity contribution in [2.45, 2.75) is 67.7 Å². The van der Waals surface area contributed by atoms with Gasteiger partial charge in [-0.25, -0.2) is 24.8 Å². The van der Waals surface area contributed by atoms with Crippen LogP contribution in [0.4, 0.5) is 11.5 Å². The van der Waals surface area contributed by atoms with Gasteiger partial charge in [-0.15, -0.1) is 0 Å². The summed E-state index contributed by atoms with van der Waals surface area (Å²) in [6.07, 6.45) is 6.64. The Morgan fingerprint density at radius 1 is 0.403 bits per heavy atom. The highest BCUT2D eigenvalue weighted by molar-refractivity contribution is 6.31. The van der Waals surface area contributed by atoms with E-state index in [0.29, 0.717) is 38.5 Å². The molecule has 590 valence electrons. The number of anilines is 1. The summed E-state index contributed by atoms with van der Waals surface area (Å²) in [6, 6.07) is 80.4. The number of aromatic amines is 4. The van der Waals surface area contributed by atoms with Crippen molar-refractivity contribution in [1.29, 1.82) is 0 Å². The van der Waals surface area contributed by atoms with E-state index in [1.54, 1.807) is 7.11 Å². The molecule has 9 aromatic carbocycles. The van der Waals surface area contributed by atoms with Gasteiger partial charge in [0.05, 0.1) is 47.5 Å². The second-order valence-electron chi connectivity index (χ2n) is 26.5. The first-order chi connectivity index (χ1) is 57.6. The van der Waals surface area contributed by atoms with Gasteiger partial charge < -0.3 is 10.5 Å². The average Bonchev–Trinajstić information content (AvgIpc) is 1.65. The van der Waals surface area contributed by atoms with Crippen LogP contribution < -0.4 is 10.5 Å². The minimum Gasteiger partial charge on any atom is -0.497 e. The minimum atomic E-state index is 0. The van der Waals surface area contributed by atoms with Gasteiger partial charge in [0.2, 0.25) is 5.69 Å². The first-order valence-corrected chi connectivity index (χ1v) is 38.3. The number of nitrogens with one attached hydrogen (secondary N) is 4. The lowest BCUT2D eigenvalue weighted by Gasteiger charge is -2.17. The number of fused-ring (bicyclic) bond motifs is 5. The average molecular weight is 1630 g/mol. The lowest BCUT2D eigenvalue weighted by Crippen LogP contribution is -2.02. The summed E-state index contributed by atoms with van der Waals surface area (Å²) >= 11 is 18.3. The highest BCUT2D eigenvalue weighted by atomic mass is 35.5. The number of nitrogens with zero attached hydrogens (tertiary/aromatic N) is 9. The molecule has 0 radical (unpaired) electrons. The molecule has 0 amide bonds. The van der Waals surface area contributed by atoms with Crippen LogP contribution >= 0.6 is 34.8 Å². The Kier molecular flexibility index (Phi) is 28.7. The topological polar surface area (TPSA) is 308 Å². The largest absolute Gasteiger partial charge is 0.497 e. The lowest BCUT2D eigenvalue weighted by molar-refractivity contribution is -0.193. The summed E-state index contributed by atoms with van der Waals surface area (Å²) in [7, 11) is 1.69. The first-order valence-electron chi connectivity index (χ1n) is 37.2. The number of methoxy groups -OCH3 is 1. The fourth-order valence-electron chi connectivity index (χ4n) is 14.6. The van der Waals surface area contributed by atoms with Crippen LogP contribution in [-0.4, -0.2) is 86.3 Å². The third-order valence-electron chi connectivity index (χ3n) is 19.7. The van der Waals surface area contributed by atoms with E-state index in [1.807, 2.05) is 172 Å². The number of nitrogens with two attached hydrogens (primary N) is 1. The first kappa shape index (κ1) is 85.2. The maximum Gasteiger partial charge on any atom is 0.373 e. The summed E-state index contributed by atoms with van der Waals surface area (Å²) in [5, 5.41) is 35.9. The zero-order chi connectivity index (χ0) is 83.4. The van der Waals surface area contributed by atoms with Crippen molar-refractivity contribution >= 4 is 114 Å². The fraction of sp³-hybridized carbons (Fsp3) is 0.116. The van der Waals surface area contributed by atoms with Crippen LogP contribution in [0.3, 0.4) is 0 Å². The van der Waals surface area contributed by atoms with E-state index in [1.165, 1.54) is 44.5 Å². The fourth-order valence-corrected chi connectivity index (χ4v) is 15.0. The number of aryl methyl sites for hydroxylation is 2. The predicted octanol–water partition coefficient (Wildman–Crippen LogP) is 22.4. The van der Waals surface area contributed by atoms with Crippen LogP contribution in [0.25, 0.3) is 144 Å². The van der Waals surface area contributed by atoms with Gasteiger partial charge in [0.25, 0.3) is 0 Å². The number of allylic oxidation sites excluding steroid dienone is 1. The summed E-state index contributed by atoms with van der Waals surface area (Å²) in [5.74, 6) is 1.43. The van der Waals surface area contributed by atoms with Crippen LogP contribution in [0.5, 0.6) is 5.75 Å². The molecule has 17 aromatic rings. The number of pyridine rings is 4. The highest BCUT2D eigenvalue weighted by Crippen LogP contribution is 2.48. The van der Waals surface area contributed by atoms with Gasteiger partial charge in [-0.1, -0.05) is 263 Å². The van der Waals surface area contributed by atoms with Crippen LogP contribution in [0.15, 0.2) is 249 Å². The summed E-state index contributed by atoms with van der Waals surface area (Å²) in [5.41, 5.74) is 36.0. The molecule has 1 aliphatic carbocycles. The zero-order valence-electron chi connectivity index (χ0n) is 64.6. The number of rotatable bonds is 13. The second kappa shape index (κ2) is 40.0. The Hall–Kier alpha value is -14.7. The molecule has 0 aliphatic heterocycles. The molecule has 18 rings (SSSR count). The van der Waals surface area contributed by atoms with E-state index in [9.17, 15) is 0 Å². The number of hydrogen-bond acceptors (Lipinski definition) is 16. The van der Waals surface area contributed by atoms with Gasteiger partial charge in [-0.2, -0.15) is 49.2 Å². The molecule has 0 unspecified atom stereocenters. The molecule has 8 aromatic heterocycles. The van der Waals surface area contributed by atoms with Crippen molar-refractivity contribution in [2.24, 2.45) is 0 Å². The quantitative estimate of drug-likeness (QED) is 0.0670. The minimum absolute atomic E-state index is 0. The zero-order valence-corrected chi connectivity index (χ0v) is 66.9. The van der Waals surface area contributed by atoms with E-state index in [-0.39, 0.29) is 25.9 Å². The second-order valence-corrected chi connectivity index (χ2v) is 27.8. The molecular formula is C95H77Cl3N14O7. The Morgan fingerprint density at radius 2 is 0.739 bits per heavy atom. The SMILES string of the molecule is C.CCc1c(-c2ccccc2)nc2n[nH]c(C)c2c1-c1ccc(Cl)cc1.CCc1c(-c2ccccc2)nc2n[nH]c(C)c2c1-c1ccc(OC)cc1.CCc1c(-c2ccccc2)nc2n[nH]c(N)c2c1C1=CCc2ccccc21.O=C=O.O=C=O.O=C=O.[C-]#[N+]c1c(-c2ccccc2)nc2n[nH]c(-c3ccc(Cl)cc3)c2c1-c1ccc(Cl)cc1. The number of halogens is 3. The van der Waals surface area contributed by atoms with Crippen molar-refractivity contribution < 1.29 is 33.5 Å². The number of hydrogen-bond donors (Lipinski definition) is 5. The van der Waals surface area contributed by atoms with Crippen LogP contribution in [0, 0.1) is 20.4 Å². The molecule has 24 heteroatoms. The smallest absolute Gasteiger partial charge is 0.373 e. The predicted molar refractivity (Wildman–Crippen MR) is 468 cm³/mol. The molecular weight excluding hydrogens is 1560 g/mol. The maximum atomic E-state index is 8.12. The van der Waals surface area contributed by atoms with Crippen molar-refractivity contribution in [3.63, 3.8) is 0 Å². The van der Waals surface area contributed by atoms with E-state index >= 15 is 0 Å². The Labute approximate surface area is 700 Å². The Morgan fingerprint density at radius 3 is 1.15 bits per heavy atom. The molecule has 0 atom stereocenters.